The first-order valence-electron chi connectivity index (χ1n) is 6.81. The molecule has 1 fully saturated rings. The predicted molar refractivity (Wildman–Crippen MR) is 74.6 cm³/mol. The molecular weight excluding hydrogens is 278 g/mol. The van der Waals surface area contributed by atoms with Crippen LogP contribution in [0.15, 0.2) is 0 Å². The van der Waals surface area contributed by atoms with Crippen LogP contribution in [-0.4, -0.2) is 63.3 Å². The standard InChI is InChI=1S/C13H23N3O5/c1-7(10(18)15-13(2,3)4)14-12(21)16-6-8(17)5-9(16)11(19)20/h7-9,17H,5-6H2,1-4H3,(H,14,21)(H,15,18)(H,19,20)/t7?,8-,9+/m1/s1. The van der Waals surface area contributed by atoms with Gasteiger partial charge in [0.2, 0.25) is 5.91 Å². The van der Waals surface area contributed by atoms with E-state index >= 15 is 0 Å². The van der Waals surface area contributed by atoms with Gasteiger partial charge >= 0.3 is 12.0 Å². The van der Waals surface area contributed by atoms with Crippen LogP contribution >= 0.6 is 0 Å². The summed E-state index contributed by atoms with van der Waals surface area (Å²) in [5, 5.41) is 23.7. The number of nitrogens with zero attached hydrogens (tertiary/aromatic N) is 1. The number of hydrogen-bond acceptors (Lipinski definition) is 4. The summed E-state index contributed by atoms with van der Waals surface area (Å²) in [4.78, 5) is 36.0. The van der Waals surface area contributed by atoms with Gasteiger partial charge in [-0.15, -0.1) is 0 Å². The first kappa shape index (κ1) is 17.2. The van der Waals surface area contributed by atoms with Crippen LogP contribution in [0.3, 0.4) is 0 Å². The fraction of sp³-hybridized carbons (Fsp3) is 0.769. The molecule has 21 heavy (non-hydrogen) atoms. The lowest BCUT2D eigenvalue weighted by Crippen LogP contribution is -2.54. The largest absolute Gasteiger partial charge is 0.480 e. The second kappa shape index (κ2) is 6.30. The number of hydrogen-bond donors (Lipinski definition) is 4. The van der Waals surface area contributed by atoms with Gasteiger partial charge in [0.15, 0.2) is 0 Å². The summed E-state index contributed by atoms with van der Waals surface area (Å²) in [7, 11) is 0. The van der Waals surface area contributed by atoms with E-state index in [4.69, 9.17) is 5.11 Å². The Labute approximate surface area is 123 Å². The van der Waals surface area contributed by atoms with E-state index in [0.29, 0.717) is 0 Å². The topological polar surface area (TPSA) is 119 Å². The van der Waals surface area contributed by atoms with Gasteiger partial charge in [0.25, 0.3) is 0 Å². The molecule has 1 aliphatic heterocycles. The van der Waals surface area contributed by atoms with E-state index in [2.05, 4.69) is 10.6 Å². The van der Waals surface area contributed by atoms with Crippen molar-refractivity contribution < 1.29 is 24.6 Å². The van der Waals surface area contributed by atoms with Crippen molar-refractivity contribution in [1.29, 1.82) is 0 Å². The summed E-state index contributed by atoms with van der Waals surface area (Å²) in [5.74, 6) is -1.53. The van der Waals surface area contributed by atoms with Gasteiger partial charge in [-0.25, -0.2) is 9.59 Å². The van der Waals surface area contributed by atoms with Crippen molar-refractivity contribution in [2.45, 2.75) is 57.8 Å². The maximum absolute atomic E-state index is 12.0. The van der Waals surface area contributed by atoms with Gasteiger partial charge < -0.3 is 25.7 Å². The lowest BCUT2D eigenvalue weighted by Gasteiger charge is -2.26. The number of aliphatic carboxylic acids is 1. The molecule has 0 radical (unpaired) electrons. The molecule has 0 aliphatic carbocycles. The summed E-state index contributed by atoms with van der Waals surface area (Å²) in [6.45, 7) is 6.90. The third-order valence-corrected chi connectivity index (χ3v) is 3.06. The molecule has 120 valence electrons. The molecule has 0 aromatic heterocycles. The Balaban J connectivity index is 2.63. The number of nitrogens with one attached hydrogen (secondary N) is 2. The van der Waals surface area contributed by atoms with E-state index in [1.165, 1.54) is 6.92 Å². The average molecular weight is 301 g/mol. The Morgan fingerprint density at radius 1 is 1.29 bits per heavy atom. The molecule has 8 heteroatoms. The first-order valence-corrected chi connectivity index (χ1v) is 6.81. The number of urea groups is 1. The molecule has 0 aromatic carbocycles. The number of carbonyl (C=O) groups excluding carboxylic acids is 2. The highest BCUT2D eigenvalue weighted by Gasteiger charge is 2.39. The third-order valence-electron chi connectivity index (χ3n) is 3.06. The number of amides is 3. The molecular formula is C13H23N3O5. The van der Waals surface area contributed by atoms with Crippen LogP contribution in [0.1, 0.15) is 34.1 Å². The van der Waals surface area contributed by atoms with Crippen LogP contribution in [0.4, 0.5) is 4.79 Å². The molecule has 8 nitrogen and oxygen atoms in total. The van der Waals surface area contributed by atoms with Crippen molar-refractivity contribution in [2.75, 3.05) is 6.54 Å². The quantitative estimate of drug-likeness (QED) is 0.561. The number of carboxylic acids is 1. The van der Waals surface area contributed by atoms with Gasteiger partial charge in [0.1, 0.15) is 12.1 Å². The Bertz CT molecular complexity index is 432. The van der Waals surface area contributed by atoms with Crippen molar-refractivity contribution in [2.24, 2.45) is 0 Å². The molecule has 1 unspecified atom stereocenters. The molecule has 0 saturated carbocycles. The number of carbonyl (C=O) groups is 3. The first-order chi connectivity index (χ1) is 9.51. The number of carboxylic acid groups (broad SMARTS) is 1. The predicted octanol–water partition coefficient (Wildman–Crippen LogP) is -0.481. The molecule has 1 saturated heterocycles. The van der Waals surface area contributed by atoms with Crippen molar-refractivity contribution in [3.63, 3.8) is 0 Å². The smallest absolute Gasteiger partial charge is 0.326 e. The van der Waals surface area contributed by atoms with E-state index in [1.807, 2.05) is 20.8 Å². The zero-order chi connectivity index (χ0) is 16.4. The van der Waals surface area contributed by atoms with Gasteiger partial charge in [-0.2, -0.15) is 0 Å². The number of aliphatic hydroxyl groups is 1. The summed E-state index contributed by atoms with van der Waals surface area (Å²) in [6, 6.07) is -2.54. The lowest BCUT2D eigenvalue weighted by atomic mass is 10.1. The molecule has 0 spiro atoms. The molecule has 1 aliphatic rings. The monoisotopic (exact) mass is 301 g/mol. The van der Waals surface area contributed by atoms with Crippen LogP contribution in [0, 0.1) is 0 Å². The zero-order valence-corrected chi connectivity index (χ0v) is 12.7. The van der Waals surface area contributed by atoms with Crippen LogP contribution < -0.4 is 10.6 Å². The minimum atomic E-state index is -1.17. The van der Waals surface area contributed by atoms with Gasteiger partial charge in [0, 0.05) is 18.5 Å². The van der Waals surface area contributed by atoms with Gasteiger partial charge in [-0.1, -0.05) is 0 Å². The highest BCUT2D eigenvalue weighted by atomic mass is 16.4. The summed E-state index contributed by atoms with van der Waals surface area (Å²) < 4.78 is 0. The van der Waals surface area contributed by atoms with E-state index < -0.39 is 35.7 Å². The molecule has 0 aromatic rings. The van der Waals surface area contributed by atoms with Crippen LogP contribution in [0.2, 0.25) is 0 Å². The summed E-state index contributed by atoms with van der Waals surface area (Å²) in [5.41, 5.74) is -0.427. The molecule has 3 atom stereocenters. The molecule has 4 N–H and O–H groups in total. The normalized spacial score (nSPS) is 23.6. The fourth-order valence-electron chi connectivity index (χ4n) is 2.08. The average Bonchev–Trinajstić information content (AvgIpc) is 2.69. The van der Waals surface area contributed by atoms with E-state index in [9.17, 15) is 19.5 Å². The molecule has 1 rings (SSSR count). The Kier molecular flexibility index (Phi) is 5.16. The van der Waals surface area contributed by atoms with Crippen LogP contribution in [0.5, 0.6) is 0 Å². The maximum Gasteiger partial charge on any atom is 0.326 e. The van der Waals surface area contributed by atoms with Crippen LogP contribution in [0.25, 0.3) is 0 Å². The van der Waals surface area contributed by atoms with Crippen molar-refractivity contribution >= 4 is 17.9 Å². The van der Waals surface area contributed by atoms with Crippen molar-refractivity contribution in [1.82, 2.24) is 15.5 Å². The number of likely N-dealkylation sites (tertiary alicyclic amines) is 1. The third kappa shape index (κ3) is 4.89. The van der Waals surface area contributed by atoms with Gasteiger partial charge in [0.05, 0.1) is 6.10 Å². The highest BCUT2D eigenvalue weighted by Crippen LogP contribution is 2.18. The molecule has 0 bridgehead atoms. The fourth-order valence-corrected chi connectivity index (χ4v) is 2.08. The van der Waals surface area contributed by atoms with E-state index in [1.54, 1.807) is 0 Å². The SMILES string of the molecule is CC(NC(=O)N1C[C@H](O)C[C@H]1C(=O)O)C(=O)NC(C)(C)C. The van der Waals surface area contributed by atoms with E-state index in [-0.39, 0.29) is 18.9 Å². The molecule has 1 heterocycles. The number of β-amino-alcohol motifs (C(OH)–C–C–N with tert-alkyl or cyclic N) is 1. The van der Waals surface area contributed by atoms with Crippen molar-refractivity contribution in [3.8, 4) is 0 Å². The second-order valence-electron chi connectivity index (χ2n) is 6.31. The van der Waals surface area contributed by atoms with E-state index in [0.717, 1.165) is 4.90 Å². The van der Waals surface area contributed by atoms with Gasteiger partial charge in [-0.3, -0.25) is 4.79 Å². The minimum Gasteiger partial charge on any atom is -0.480 e. The molecule has 3 amide bonds. The Hall–Kier alpha value is -1.83. The maximum atomic E-state index is 12.0. The highest BCUT2D eigenvalue weighted by molar-refractivity contribution is 5.89. The number of rotatable bonds is 3. The number of aliphatic hydroxyl groups excluding tert-OH is 1. The van der Waals surface area contributed by atoms with Crippen molar-refractivity contribution in [3.05, 3.63) is 0 Å². The Morgan fingerprint density at radius 2 is 1.86 bits per heavy atom. The lowest BCUT2D eigenvalue weighted by molar-refractivity contribution is -0.141. The Morgan fingerprint density at radius 3 is 2.33 bits per heavy atom. The summed E-state index contributed by atoms with van der Waals surface area (Å²) in [6.07, 6.45) is -0.874. The minimum absolute atomic E-state index is 0.00861. The zero-order valence-electron chi connectivity index (χ0n) is 12.7. The second-order valence-corrected chi connectivity index (χ2v) is 6.31. The van der Waals surface area contributed by atoms with Gasteiger partial charge in [-0.05, 0) is 27.7 Å². The summed E-state index contributed by atoms with van der Waals surface area (Å²) >= 11 is 0. The van der Waals surface area contributed by atoms with Crippen LogP contribution in [-0.2, 0) is 9.59 Å².